The average molecular weight is 219 g/mol. The Bertz CT molecular complexity index is 253. The lowest BCUT2D eigenvalue weighted by atomic mass is 9.89. The second-order valence-electron chi connectivity index (χ2n) is 3.92. The van der Waals surface area contributed by atoms with Gasteiger partial charge in [0.25, 0.3) is 0 Å². The summed E-state index contributed by atoms with van der Waals surface area (Å²) in [6.45, 7) is 8.17. The van der Waals surface area contributed by atoms with Crippen molar-refractivity contribution in [2.24, 2.45) is 11.7 Å². The summed E-state index contributed by atoms with van der Waals surface area (Å²) in [5.74, 6) is 0.641. The van der Waals surface area contributed by atoms with Crippen LogP contribution >= 0.6 is 0 Å². The van der Waals surface area contributed by atoms with E-state index in [0.29, 0.717) is 5.92 Å². The fourth-order valence-corrected chi connectivity index (χ4v) is 1.85. The SMILES string of the molecule is C=C/C=C/C(=C\C=C/N)C(CCC)CCC. The van der Waals surface area contributed by atoms with E-state index in [4.69, 9.17) is 5.73 Å². The first-order valence-corrected chi connectivity index (χ1v) is 6.17. The maximum absolute atomic E-state index is 5.38. The van der Waals surface area contributed by atoms with Crippen molar-refractivity contribution in [1.29, 1.82) is 0 Å². The van der Waals surface area contributed by atoms with Crippen molar-refractivity contribution in [1.82, 2.24) is 0 Å². The van der Waals surface area contributed by atoms with Crippen LogP contribution in [0, 0.1) is 5.92 Å². The third-order valence-electron chi connectivity index (χ3n) is 2.57. The number of hydrogen-bond acceptors (Lipinski definition) is 1. The number of rotatable bonds is 8. The standard InChI is InChI=1S/C15H25N/c1-4-7-11-15(12-8-13-16)14(9-5-2)10-6-3/h4,7-8,11-14H,1,5-6,9-10,16H2,2-3H3/b11-7+,13-8-,15-12+. The molecular weight excluding hydrogens is 194 g/mol. The molecule has 0 rings (SSSR count). The molecule has 0 aliphatic heterocycles. The molecule has 0 fully saturated rings. The van der Waals surface area contributed by atoms with E-state index in [2.05, 4.69) is 32.6 Å². The van der Waals surface area contributed by atoms with E-state index in [0.717, 1.165) is 0 Å². The van der Waals surface area contributed by atoms with Gasteiger partial charge in [0.1, 0.15) is 0 Å². The van der Waals surface area contributed by atoms with Gasteiger partial charge in [0.05, 0.1) is 0 Å². The molecule has 0 aromatic heterocycles. The molecule has 0 bridgehead atoms. The molecule has 0 unspecified atom stereocenters. The van der Waals surface area contributed by atoms with Gasteiger partial charge in [-0.1, -0.05) is 57.6 Å². The van der Waals surface area contributed by atoms with Crippen molar-refractivity contribution in [3.8, 4) is 0 Å². The van der Waals surface area contributed by atoms with Crippen molar-refractivity contribution in [3.63, 3.8) is 0 Å². The summed E-state index contributed by atoms with van der Waals surface area (Å²) < 4.78 is 0. The van der Waals surface area contributed by atoms with Gasteiger partial charge in [-0.2, -0.15) is 0 Å². The second kappa shape index (κ2) is 10.3. The van der Waals surface area contributed by atoms with Crippen LogP contribution in [-0.2, 0) is 0 Å². The molecule has 1 nitrogen and oxygen atoms in total. The molecule has 0 atom stereocenters. The van der Waals surface area contributed by atoms with E-state index in [1.165, 1.54) is 31.3 Å². The van der Waals surface area contributed by atoms with Crippen LogP contribution in [0.2, 0.25) is 0 Å². The van der Waals surface area contributed by atoms with Crippen molar-refractivity contribution in [3.05, 3.63) is 48.7 Å². The van der Waals surface area contributed by atoms with Crippen molar-refractivity contribution >= 4 is 0 Å². The van der Waals surface area contributed by atoms with Gasteiger partial charge >= 0.3 is 0 Å². The molecule has 0 amide bonds. The van der Waals surface area contributed by atoms with Crippen molar-refractivity contribution < 1.29 is 0 Å². The third-order valence-corrected chi connectivity index (χ3v) is 2.57. The summed E-state index contributed by atoms with van der Waals surface area (Å²) >= 11 is 0. The molecule has 0 aromatic rings. The fourth-order valence-electron chi connectivity index (χ4n) is 1.85. The van der Waals surface area contributed by atoms with Crippen LogP contribution in [0.5, 0.6) is 0 Å². The topological polar surface area (TPSA) is 26.0 Å². The summed E-state index contributed by atoms with van der Waals surface area (Å²) in [5, 5.41) is 0. The molecule has 16 heavy (non-hydrogen) atoms. The van der Waals surface area contributed by atoms with E-state index in [1.54, 1.807) is 6.20 Å². The Morgan fingerprint density at radius 3 is 2.25 bits per heavy atom. The highest BCUT2D eigenvalue weighted by Crippen LogP contribution is 2.23. The van der Waals surface area contributed by atoms with Crippen LogP contribution in [0.1, 0.15) is 39.5 Å². The third kappa shape index (κ3) is 6.28. The van der Waals surface area contributed by atoms with Crippen LogP contribution in [-0.4, -0.2) is 0 Å². The van der Waals surface area contributed by atoms with Gasteiger partial charge in [-0.3, -0.25) is 0 Å². The van der Waals surface area contributed by atoms with Gasteiger partial charge in [-0.25, -0.2) is 0 Å². The number of hydrogen-bond donors (Lipinski definition) is 1. The first kappa shape index (κ1) is 14.8. The lowest BCUT2D eigenvalue weighted by Gasteiger charge is -2.16. The molecule has 0 spiro atoms. The predicted molar refractivity (Wildman–Crippen MR) is 74.1 cm³/mol. The molecule has 0 aliphatic carbocycles. The average Bonchev–Trinajstić information content (AvgIpc) is 2.29. The maximum atomic E-state index is 5.38. The zero-order chi connectivity index (χ0) is 12.2. The first-order chi connectivity index (χ1) is 7.79. The van der Waals surface area contributed by atoms with E-state index >= 15 is 0 Å². The highest BCUT2D eigenvalue weighted by atomic mass is 14.5. The summed E-state index contributed by atoms with van der Waals surface area (Å²) in [4.78, 5) is 0. The van der Waals surface area contributed by atoms with Gasteiger partial charge < -0.3 is 5.73 Å². The summed E-state index contributed by atoms with van der Waals surface area (Å²) in [5.41, 5.74) is 6.74. The Labute approximate surface area is 100 Å². The van der Waals surface area contributed by atoms with Gasteiger partial charge in [-0.05, 0) is 36.6 Å². The Morgan fingerprint density at radius 2 is 1.81 bits per heavy atom. The minimum absolute atomic E-state index is 0.641. The smallest absolute Gasteiger partial charge is 0.00623 e. The van der Waals surface area contributed by atoms with Crippen molar-refractivity contribution in [2.45, 2.75) is 39.5 Å². The van der Waals surface area contributed by atoms with Gasteiger partial charge in [0.2, 0.25) is 0 Å². The molecule has 2 N–H and O–H groups in total. The minimum atomic E-state index is 0.641. The fraction of sp³-hybridized carbons (Fsp3) is 0.467. The highest BCUT2D eigenvalue weighted by molar-refractivity contribution is 5.28. The Hall–Kier alpha value is -1.24. The van der Waals surface area contributed by atoms with E-state index in [1.807, 2.05) is 18.2 Å². The highest BCUT2D eigenvalue weighted by Gasteiger charge is 2.09. The van der Waals surface area contributed by atoms with Crippen LogP contribution in [0.15, 0.2) is 48.7 Å². The Balaban J connectivity index is 4.78. The quantitative estimate of drug-likeness (QED) is 0.604. The van der Waals surface area contributed by atoms with E-state index < -0.39 is 0 Å². The number of allylic oxidation sites excluding steroid dienone is 6. The molecular formula is C15H25N. The van der Waals surface area contributed by atoms with Crippen LogP contribution in [0.25, 0.3) is 0 Å². The zero-order valence-corrected chi connectivity index (χ0v) is 10.7. The summed E-state index contributed by atoms with van der Waals surface area (Å²) in [6.07, 6.45) is 16.5. The number of nitrogens with two attached hydrogens (primary N) is 1. The molecule has 1 heteroatoms. The molecule has 0 aliphatic rings. The van der Waals surface area contributed by atoms with Gasteiger partial charge in [0, 0.05) is 0 Å². The maximum Gasteiger partial charge on any atom is -0.00623 e. The molecule has 90 valence electrons. The summed E-state index contributed by atoms with van der Waals surface area (Å²) in [7, 11) is 0. The van der Waals surface area contributed by atoms with Gasteiger partial charge in [0.15, 0.2) is 0 Å². The lowest BCUT2D eigenvalue weighted by Crippen LogP contribution is -2.02. The Kier molecular flexibility index (Phi) is 9.49. The van der Waals surface area contributed by atoms with Gasteiger partial charge in [-0.15, -0.1) is 0 Å². The zero-order valence-electron chi connectivity index (χ0n) is 10.7. The second-order valence-corrected chi connectivity index (χ2v) is 3.92. The molecule has 0 heterocycles. The van der Waals surface area contributed by atoms with E-state index in [9.17, 15) is 0 Å². The predicted octanol–water partition coefficient (Wildman–Crippen LogP) is 4.34. The molecule has 0 radical (unpaired) electrons. The van der Waals surface area contributed by atoms with Crippen LogP contribution in [0.3, 0.4) is 0 Å². The largest absolute Gasteiger partial charge is 0.405 e. The minimum Gasteiger partial charge on any atom is -0.405 e. The van der Waals surface area contributed by atoms with E-state index in [-0.39, 0.29) is 0 Å². The Morgan fingerprint density at radius 1 is 1.19 bits per heavy atom. The molecule has 0 aromatic carbocycles. The lowest BCUT2D eigenvalue weighted by molar-refractivity contribution is 0.512. The monoisotopic (exact) mass is 219 g/mol. The van der Waals surface area contributed by atoms with Crippen LogP contribution in [0.4, 0.5) is 0 Å². The van der Waals surface area contributed by atoms with Crippen molar-refractivity contribution in [2.75, 3.05) is 0 Å². The van der Waals surface area contributed by atoms with Crippen LogP contribution < -0.4 is 5.73 Å². The summed E-state index contributed by atoms with van der Waals surface area (Å²) in [6, 6.07) is 0. The molecule has 0 saturated heterocycles. The first-order valence-electron chi connectivity index (χ1n) is 6.17. The normalized spacial score (nSPS) is 13.1. The molecule has 0 saturated carbocycles.